The van der Waals surface area contributed by atoms with Crippen LogP contribution < -0.4 is 5.32 Å². The first-order valence-electron chi connectivity index (χ1n) is 9.14. The van der Waals surface area contributed by atoms with Gasteiger partial charge in [0.05, 0.1) is 28.8 Å². The van der Waals surface area contributed by atoms with E-state index in [1.807, 2.05) is 31.2 Å². The molecule has 4 aromatic rings. The van der Waals surface area contributed by atoms with Crippen LogP contribution in [0.2, 0.25) is 0 Å². The fourth-order valence-corrected chi connectivity index (χ4v) is 3.05. The summed E-state index contributed by atoms with van der Waals surface area (Å²) in [5, 5.41) is 2.86. The number of halogens is 2. The number of para-hydroxylation sites is 2. The van der Waals surface area contributed by atoms with Crippen LogP contribution in [0.15, 0.2) is 53.1 Å². The largest absolute Gasteiger partial charge is 0.441 e. The maximum atomic E-state index is 13.8. The number of hydrogen-bond acceptors (Lipinski definition) is 4. The number of nitrogens with zero attached hydrogens (tertiary/aromatic N) is 2. The van der Waals surface area contributed by atoms with Crippen molar-refractivity contribution in [3.8, 4) is 11.3 Å². The van der Waals surface area contributed by atoms with Crippen LogP contribution in [0.25, 0.3) is 22.4 Å². The third-order valence-corrected chi connectivity index (χ3v) is 4.52. The number of carbonyl (C=O) groups is 1. The Balaban J connectivity index is 1.37. The first-order chi connectivity index (χ1) is 14.0. The molecule has 29 heavy (non-hydrogen) atoms. The van der Waals surface area contributed by atoms with Crippen molar-refractivity contribution in [1.29, 1.82) is 0 Å². The van der Waals surface area contributed by atoms with Crippen LogP contribution in [-0.2, 0) is 11.2 Å². The minimum atomic E-state index is -0.731. The molecule has 1 amide bonds. The highest BCUT2D eigenvalue weighted by atomic mass is 19.1. The Morgan fingerprint density at radius 1 is 1.17 bits per heavy atom. The molecule has 0 fully saturated rings. The Morgan fingerprint density at radius 3 is 2.69 bits per heavy atom. The number of fused-ring (bicyclic) bond motifs is 1. The summed E-state index contributed by atoms with van der Waals surface area (Å²) in [5.74, 6) is -0.793. The molecule has 0 saturated heterocycles. The number of imidazole rings is 1. The monoisotopic (exact) mass is 396 g/mol. The van der Waals surface area contributed by atoms with Gasteiger partial charge in [0.15, 0.2) is 11.7 Å². The molecule has 4 rings (SSSR count). The summed E-state index contributed by atoms with van der Waals surface area (Å²) in [6.07, 6.45) is 1.57. The highest BCUT2D eigenvalue weighted by molar-refractivity contribution is 5.77. The average Bonchev–Trinajstić information content (AvgIpc) is 3.33. The van der Waals surface area contributed by atoms with Crippen molar-refractivity contribution < 1.29 is 18.0 Å². The van der Waals surface area contributed by atoms with Gasteiger partial charge in [-0.15, -0.1) is 0 Å². The molecule has 0 spiro atoms. The molecule has 0 aliphatic heterocycles. The Labute approximate surface area is 165 Å². The summed E-state index contributed by atoms with van der Waals surface area (Å²) < 4.78 is 33.1. The number of oxazole rings is 1. The Hall–Kier alpha value is -3.55. The molecule has 0 unspecified atom stereocenters. The minimum Gasteiger partial charge on any atom is -0.441 e. The number of benzene rings is 2. The van der Waals surface area contributed by atoms with Gasteiger partial charge < -0.3 is 14.7 Å². The molecule has 0 radical (unpaired) electrons. The van der Waals surface area contributed by atoms with Crippen LogP contribution in [-0.4, -0.2) is 20.9 Å². The number of aromatic amines is 1. The Kier molecular flexibility index (Phi) is 5.07. The average molecular weight is 396 g/mol. The lowest BCUT2D eigenvalue weighted by Gasteiger charge is -2.10. The van der Waals surface area contributed by atoms with Crippen molar-refractivity contribution >= 4 is 16.9 Å². The van der Waals surface area contributed by atoms with E-state index in [9.17, 15) is 13.6 Å². The molecule has 1 atom stereocenters. The van der Waals surface area contributed by atoms with Gasteiger partial charge in [-0.05, 0) is 31.2 Å². The molecule has 2 aromatic carbocycles. The van der Waals surface area contributed by atoms with Crippen LogP contribution in [0.3, 0.4) is 0 Å². The first kappa shape index (κ1) is 18.8. The maximum Gasteiger partial charge on any atom is 0.221 e. The SMILES string of the molecule is C[C@H](NC(=O)CCc1ncc(-c2c(F)cccc2F)o1)c1nc2ccccc2[nH]1. The number of aryl methyl sites for hydroxylation is 1. The third kappa shape index (κ3) is 4.01. The van der Waals surface area contributed by atoms with Gasteiger partial charge in [0.25, 0.3) is 0 Å². The quantitative estimate of drug-likeness (QED) is 0.509. The summed E-state index contributed by atoms with van der Waals surface area (Å²) in [7, 11) is 0. The van der Waals surface area contributed by atoms with Crippen molar-refractivity contribution in [2.45, 2.75) is 25.8 Å². The summed E-state index contributed by atoms with van der Waals surface area (Å²) in [6, 6.07) is 10.9. The van der Waals surface area contributed by atoms with Gasteiger partial charge >= 0.3 is 0 Å². The minimum absolute atomic E-state index is 0.00773. The van der Waals surface area contributed by atoms with Gasteiger partial charge in [-0.3, -0.25) is 4.79 Å². The predicted octanol–water partition coefficient (Wildman–Crippen LogP) is 4.31. The molecule has 0 saturated carbocycles. The smallest absolute Gasteiger partial charge is 0.221 e. The Morgan fingerprint density at radius 2 is 1.93 bits per heavy atom. The van der Waals surface area contributed by atoms with Crippen molar-refractivity contribution in [3.05, 3.63) is 72.0 Å². The molecule has 0 aliphatic rings. The molecular formula is C21H18F2N4O2. The third-order valence-electron chi connectivity index (χ3n) is 4.52. The van der Waals surface area contributed by atoms with Crippen molar-refractivity contribution in [2.24, 2.45) is 0 Å². The summed E-state index contributed by atoms with van der Waals surface area (Å²) >= 11 is 0. The van der Waals surface area contributed by atoms with Crippen molar-refractivity contribution in [2.75, 3.05) is 0 Å². The van der Waals surface area contributed by atoms with E-state index < -0.39 is 11.6 Å². The molecule has 2 aromatic heterocycles. The lowest BCUT2D eigenvalue weighted by atomic mass is 10.1. The van der Waals surface area contributed by atoms with Gasteiger partial charge in [-0.25, -0.2) is 18.7 Å². The zero-order chi connectivity index (χ0) is 20.4. The van der Waals surface area contributed by atoms with Crippen LogP contribution >= 0.6 is 0 Å². The molecule has 8 heteroatoms. The zero-order valence-corrected chi connectivity index (χ0v) is 15.6. The highest BCUT2D eigenvalue weighted by Gasteiger charge is 2.17. The fraction of sp³-hybridized carbons (Fsp3) is 0.190. The fourth-order valence-electron chi connectivity index (χ4n) is 3.05. The van der Waals surface area contributed by atoms with Gasteiger partial charge in [0.1, 0.15) is 17.5 Å². The molecule has 2 heterocycles. The number of aromatic nitrogens is 3. The van der Waals surface area contributed by atoms with Gasteiger partial charge in [-0.2, -0.15) is 0 Å². The summed E-state index contributed by atoms with van der Waals surface area (Å²) in [6.45, 7) is 1.83. The van der Waals surface area contributed by atoms with E-state index in [2.05, 4.69) is 20.3 Å². The second-order valence-electron chi connectivity index (χ2n) is 6.64. The number of rotatable bonds is 6. The van der Waals surface area contributed by atoms with Crippen LogP contribution in [0.1, 0.15) is 31.1 Å². The molecular weight excluding hydrogens is 378 g/mol. The van der Waals surface area contributed by atoms with Gasteiger partial charge in [0, 0.05) is 12.8 Å². The Bertz CT molecular complexity index is 1120. The number of nitrogens with one attached hydrogen (secondary N) is 2. The normalized spacial score (nSPS) is 12.2. The van der Waals surface area contributed by atoms with Crippen LogP contribution in [0.5, 0.6) is 0 Å². The van der Waals surface area contributed by atoms with E-state index in [-0.39, 0.29) is 42.0 Å². The van der Waals surface area contributed by atoms with E-state index in [0.717, 1.165) is 23.2 Å². The van der Waals surface area contributed by atoms with Crippen LogP contribution in [0.4, 0.5) is 8.78 Å². The molecule has 6 nitrogen and oxygen atoms in total. The topological polar surface area (TPSA) is 83.8 Å². The van der Waals surface area contributed by atoms with E-state index >= 15 is 0 Å². The first-order valence-corrected chi connectivity index (χ1v) is 9.14. The highest BCUT2D eigenvalue weighted by Crippen LogP contribution is 2.26. The number of H-pyrrole nitrogens is 1. The predicted molar refractivity (Wildman–Crippen MR) is 103 cm³/mol. The van der Waals surface area contributed by atoms with Crippen LogP contribution in [0, 0.1) is 11.6 Å². The molecule has 0 bridgehead atoms. The second-order valence-corrected chi connectivity index (χ2v) is 6.64. The summed E-state index contributed by atoms with van der Waals surface area (Å²) in [5.41, 5.74) is 1.46. The molecule has 0 aliphatic carbocycles. The van der Waals surface area contributed by atoms with E-state index in [4.69, 9.17) is 4.42 Å². The van der Waals surface area contributed by atoms with Crippen molar-refractivity contribution in [1.82, 2.24) is 20.3 Å². The molecule has 2 N–H and O–H groups in total. The van der Waals surface area contributed by atoms with E-state index in [0.29, 0.717) is 5.82 Å². The standard InChI is InChI=1S/C21H18F2N4O2/c1-12(21-26-15-7-2-3-8-16(15)27-21)25-18(28)9-10-19-24-11-17(29-19)20-13(22)5-4-6-14(20)23/h2-8,11-12H,9-10H2,1H3,(H,25,28)(H,26,27)/t12-/m0/s1. The van der Waals surface area contributed by atoms with Crippen molar-refractivity contribution in [3.63, 3.8) is 0 Å². The lowest BCUT2D eigenvalue weighted by molar-refractivity contribution is -0.121. The van der Waals surface area contributed by atoms with E-state index in [1.165, 1.54) is 12.3 Å². The van der Waals surface area contributed by atoms with Gasteiger partial charge in [0.2, 0.25) is 5.91 Å². The van der Waals surface area contributed by atoms with E-state index in [1.54, 1.807) is 0 Å². The number of carbonyl (C=O) groups excluding carboxylic acids is 1. The maximum absolute atomic E-state index is 13.8. The number of amides is 1. The summed E-state index contributed by atoms with van der Waals surface area (Å²) in [4.78, 5) is 23.9. The molecule has 148 valence electrons. The number of hydrogen-bond donors (Lipinski definition) is 2. The van der Waals surface area contributed by atoms with Gasteiger partial charge in [-0.1, -0.05) is 18.2 Å². The second kappa shape index (κ2) is 7.83. The zero-order valence-electron chi connectivity index (χ0n) is 15.6. The lowest BCUT2D eigenvalue weighted by Crippen LogP contribution is -2.27.